The first-order valence-corrected chi connectivity index (χ1v) is 4.64. The molecule has 0 unspecified atom stereocenters. The lowest BCUT2D eigenvalue weighted by Crippen LogP contribution is -2.00. The van der Waals surface area contributed by atoms with Gasteiger partial charge in [-0.2, -0.15) is 0 Å². The molecule has 0 saturated heterocycles. The fourth-order valence-corrected chi connectivity index (χ4v) is 1.59. The maximum atomic E-state index is 11.3. The molecular formula is C11H12N2O2. The number of esters is 1. The summed E-state index contributed by atoms with van der Waals surface area (Å²) in [6.07, 6.45) is 0. The van der Waals surface area contributed by atoms with Crippen LogP contribution in [0.25, 0.3) is 10.9 Å². The van der Waals surface area contributed by atoms with Gasteiger partial charge < -0.3 is 15.0 Å². The van der Waals surface area contributed by atoms with Crippen LogP contribution in [0.2, 0.25) is 0 Å². The van der Waals surface area contributed by atoms with Crippen molar-refractivity contribution in [3.05, 3.63) is 30.0 Å². The van der Waals surface area contributed by atoms with Crippen molar-refractivity contribution in [2.75, 3.05) is 19.5 Å². The summed E-state index contributed by atoms with van der Waals surface area (Å²) in [4.78, 5) is 14.3. The van der Waals surface area contributed by atoms with Crippen LogP contribution < -0.4 is 5.32 Å². The van der Waals surface area contributed by atoms with E-state index in [1.54, 1.807) is 6.07 Å². The molecule has 0 amide bonds. The molecule has 1 aromatic carbocycles. The number of benzene rings is 1. The van der Waals surface area contributed by atoms with E-state index in [4.69, 9.17) is 0 Å². The van der Waals surface area contributed by atoms with Crippen molar-refractivity contribution < 1.29 is 9.53 Å². The molecule has 0 saturated carbocycles. The molecular weight excluding hydrogens is 192 g/mol. The minimum atomic E-state index is -0.353. The number of anilines is 1. The first-order valence-electron chi connectivity index (χ1n) is 4.64. The molecule has 78 valence electrons. The van der Waals surface area contributed by atoms with Gasteiger partial charge in [0.15, 0.2) is 0 Å². The number of aromatic nitrogens is 1. The van der Waals surface area contributed by atoms with Gasteiger partial charge in [0.25, 0.3) is 0 Å². The summed E-state index contributed by atoms with van der Waals surface area (Å²) in [6, 6.07) is 7.58. The highest BCUT2D eigenvalue weighted by Crippen LogP contribution is 2.23. The van der Waals surface area contributed by atoms with Crippen LogP contribution in [0.15, 0.2) is 24.3 Å². The lowest BCUT2D eigenvalue weighted by molar-refractivity contribution is 0.0595. The van der Waals surface area contributed by atoms with Gasteiger partial charge >= 0.3 is 5.97 Å². The minimum Gasteiger partial charge on any atom is -0.464 e. The third-order valence-corrected chi connectivity index (χ3v) is 2.34. The molecule has 0 radical (unpaired) electrons. The van der Waals surface area contributed by atoms with Crippen LogP contribution in [0, 0.1) is 0 Å². The highest BCUT2D eigenvalue weighted by molar-refractivity contribution is 5.99. The number of hydrogen-bond donors (Lipinski definition) is 2. The Morgan fingerprint density at radius 1 is 1.47 bits per heavy atom. The Kier molecular flexibility index (Phi) is 2.33. The van der Waals surface area contributed by atoms with E-state index in [0.717, 1.165) is 16.6 Å². The number of ether oxygens (including phenoxy) is 1. The van der Waals surface area contributed by atoms with Crippen molar-refractivity contribution >= 4 is 22.6 Å². The molecule has 0 atom stereocenters. The van der Waals surface area contributed by atoms with Gasteiger partial charge in [-0.15, -0.1) is 0 Å². The zero-order chi connectivity index (χ0) is 10.8. The third kappa shape index (κ3) is 1.54. The molecule has 4 heteroatoms. The summed E-state index contributed by atoms with van der Waals surface area (Å²) < 4.78 is 4.65. The predicted molar refractivity (Wildman–Crippen MR) is 59.2 cm³/mol. The maximum Gasteiger partial charge on any atom is 0.354 e. The van der Waals surface area contributed by atoms with E-state index in [9.17, 15) is 4.79 Å². The second-order valence-corrected chi connectivity index (χ2v) is 3.19. The molecule has 1 heterocycles. The Morgan fingerprint density at radius 2 is 2.27 bits per heavy atom. The van der Waals surface area contributed by atoms with Gasteiger partial charge in [0, 0.05) is 23.6 Å². The first kappa shape index (κ1) is 9.58. The number of carbonyl (C=O) groups is 1. The first-order chi connectivity index (χ1) is 7.26. The highest BCUT2D eigenvalue weighted by Gasteiger charge is 2.10. The summed E-state index contributed by atoms with van der Waals surface area (Å²) in [6.45, 7) is 0. The van der Waals surface area contributed by atoms with Crippen molar-refractivity contribution in [2.24, 2.45) is 0 Å². The lowest BCUT2D eigenvalue weighted by atomic mass is 10.2. The monoisotopic (exact) mass is 204 g/mol. The van der Waals surface area contributed by atoms with Crippen LogP contribution in [0.4, 0.5) is 5.69 Å². The summed E-state index contributed by atoms with van der Waals surface area (Å²) in [5, 5.41) is 4.05. The molecule has 0 spiro atoms. The van der Waals surface area contributed by atoms with Crippen molar-refractivity contribution in [3.8, 4) is 0 Å². The Morgan fingerprint density at radius 3 is 2.93 bits per heavy atom. The number of methoxy groups -OCH3 is 1. The number of hydrogen-bond acceptors (Lipinski definition) is 3. The molecule has 2 aromatic rings. The minimum absolute atomic E-state index is 0.353. The largest absolute Gasteiger partial charge is 0.464 e. The number of fused-ring (bicyclic) bond motifs is 1. The van der Waals surface area contributed by atoms with E-state index in [-0.39, 0.29) is 5.97 Å². The second kappa shape index (κ2) is 3.65. The zero-order valence-corrected chi connectivity index (χ0v) is 8.63. The average Bonchev–Trinajstić information content (AvgIpc) is 2.71. The summed E-state index contributed by atoms with van der Waals surface area (Å²) in [5.41, 5.74) is 2.37. The van der Waals surface area contributed by atoms with Crippen LogP contribution in [0.1, 0.15) is 10.5 Å². The summed E-state index contributed by atoms with van der Waals surface area (Å²) in [5.74, 6) is -0.353. The fourth-order valence-electron chi connectivity index (χ4n) is 1.59. The molecule has 15 heavy (non-hydrogen) atoms. The number of carbonyl (C=O) groups excluding carboxylic acids is 1. The molecule has 2 N–H and O–H groups in total. The van der Waals surface area contributed by atoms with E-state index in [1.807, 2.05) is 25.2 Å². The van der Waals surface area contributed by atoms with Gasteiger partial charge in [-0.05, 0) is 18.2 Å². The summed E-state index contributed by atoms with van der Waals surface area (Å²) in [7, 11) is 3.21. The quantitative estimate of drug-likeness (QED) is 0.735. The Balaban J connectivity index is 2.60. The second-order valence-electron chi connectivity index (χ2n) is 3.19. The summed E-state index contributed by atoms with van der Waals surface area (Å²) >= 11 is 0. The van der Waals surface area contributed by atoms with Crippen LogP contribution >= 0.6 is 0 Å². The van der Waals surface area contributed by atoms with Crippen molar-refractivity contribution in [3.63, 3.8) is 0 Å². The molecule has 2 rings (SSSR count). The number of rotatable bonds is 2. The van der Waals surface area contributed by atoms with E-state index in [1.165, 1.54) is 7.11 Å². The molecule has 1 aromatic heterocycles. The maximum absolute atomic E-state index is 11.3. The molecule has 0 bridgehead atoms. The Labute approximate surface area is 87.2 Å². The van der Waals surface area contributed by atoms with Gasteiger partial charge in [-0.1, -0.05) is 6.07 Å². The van der Waals surface area contributed by atoms with Crippen LogP contribution in [-0.2, 0) is 4.74 Å². The van der Waals surface area contributed by atoms with Gasteiger partial charge in [0.2, 0.25) is 0 Å². The lowest BCUT2D eigenvalue weighted by Gasteiger charge is -1.99. The number of nitrogens with one attached hydrogen (secondary N) is 2. The highest BCUT2D eigenvalue weighted by atomic mass is 16.5. The Hall–Kier alpha value is -1.97. The Bertz CT molecular complexity index is 502. The standard InChI is InChI=1S/C11H12N2O2/c1-12-8-4-3-5-9-7(8)6-10(13-9)11(14)15-2/h3-6,12-13H,1-2H3. The number of H-pyrrole nitrogens is 1. The molecule has 0 fully saturated rings. The predicted octanol–water partition coefficient (Wildman–Crippen LogP) is 2.00. The van der Waals surface area contributed by atoms with E-state index in [0.29, 0.717) is 5.69 Å². The van der Waals surface area contributed by atoms with Crippen LogP contribution in [0.5, 0.6) is 0 Å². The van der Waals surface area contributed by atoms with Gasteiger partial charge in [0.1, 0.15) is 5.69 Å². The average molecular weight is 204 g/mol. The fraction of sp³-hybridized carbons (Fsp3) is 0.182. The molecule has 0 aliphatic carbocycles. The number of aromatic amines is 1. The van der Waals surface area contributed by atoms with Crippen LogP contribution in [-0.4, -0.2) is 25.1 Å². The van der Waals surface area contributed by atoms with E-state index < -0.39 is 0 Å². The van der Waals surface area contributed by atoms with Crippen LogP contribution in [0.3, 0.4) is 0 Å². The molecule has 0 aliphatic rings. The smallest absolute Gasteiger partial charge is 0.354 e. The third-order valence-electron chi connectivity index (χ3n) is 2.34. The molecule has 4 nitrogen and oxygen atoms in total. The van der Waals surface area contributed by atoms with E-state index in [2.05, 4.69) is 15.0 Å². The molecule has 0 aliphatic heterocycles. The normalized spacial score (nSPS) is 10.3. The van der Waals surface area contributed by atoms with Crippen molar-refractivity contribution in [2.45, 2.75) is 0 Å². The van der Waals surface area contributed by atoms with E-state index >= 15 is 0 Å². The van der Waals surface area contributed by atoms with Crippen molar-refractivity contribution in [1.82, 2.24) is 4.98 Å². The van der Waals surface area contributed by atoms with Gasteiger partial charge in [0.05, 0.1) is 7.11 Å². The topological polar surface area (TPSA) is 54.1 Å². The van der Waals surface area contributed by atoms with Crippen molar-refractivity contribution in [1.29, 1.82) is 0 Å². The zero-order valence-electron chi connectivity index (χ0n) is 8.63. The SMILES string of the molecule is CNc1cccc2[nH]c(C(=O)OC)cc12. The van der Waals surface area contributed by atoms with Gasteiger partial charge in [-0.25, -0.2) is 4.79 Å². The van der Waals surface area contributed by atoms with Gasteiger partial charge in [-0.3, -0.25) is 0 Å².